The first-order valence-corrected chi connectivity index (χ1v) is 12.9. The van der Waals surface area contributed by atoms with Crippen LogP contribution in [-0.4, -0.2) is 45.5 Å². The second-order valence-corrected chi connectivity index (χ2v) is 13.1. The number of sulfonamides is 1. The number of hydrogen-bond donors (Lipinski definition) is 0. The van der Waals surface area contributed by atoms with Gasteiger partial charge in [-0.2, -0.15) is 0 Å². The van der Waals surface area contributed by atoms with E-state index in [2.05, 4.69) is 20.8 Å². The van der Waals surface area contributed by atoms with Crippen LogP contribution in [0.4, 0.5) is 5.69 Å². The lowest BCUT2D eigenvalue weighted by molar-refractivity contribution is -0.134. The largest absolute Gasteiger partial charge is 0.484 e. The summed E-state index contributed by atoms with van der Waals surface area (Å²) in [4.78, 5) is 14.9. The number of ether oxygens (including phenoxy) is 1. The summed E-state index contributed by atoms with van der Waals surface area (Å²) in [6.07, 6.45) is 3.25. The van der Waals surface area contributed by atoms with E-state index in [1.807, 2.05) is 4.90 Å². The van der Waals surface area contributed by atoms with Crippen LogP contribution in [0.25, 0.3) is 0 Å². The Morgan fingerprint density at radius 3 is 2.55 bits per heavy atom. The van der Waals surface area contributed by atoms with Crippen molar-refractivity contribution in [2.45, 2.75) is 50.3 Å². The molecule has 2 fully saturated rings. The van der Waals surface area contributed by atoms with Gasteiger partial charge in [0, 0.05) is 19.6 Å². The quantitative estimate of drug-likeness (QED) is 0.639. The van der Waals surface area contributed by atoms with Gasteiger partial charge in [0.1, 0.15) is 9.96 Å². The third-order valence-corrected chi connectivity index (χ3v) is 9.57. The SMILES string of the molecule is CN(c1ccc(OCC(=O)N2CC3(C)CC2CC(C)(C)C3)cc1)S(=O)(=O)c1cccs1. The van der Waals surface area contributed by atoms with E-state index < -0.39 is 10.0 Å². The number of rotatable bonds is 6. The van der Waals surface area contributed by atoms with Gasteiger partial charge in [0.2, 0.25) is 0 Å². The van der Waals surface area contributed by atoms with Crippen LogP contribution in [0, 0.1) is 10.8 Å². The molecule has 2 atom stereocenters. The average molecular weight is 463 g/mol. The molecule has 168 valence electrons. The molecular weight excluding hydrogens is 432 g/mol. The normalized spacial score (nSPS) is 24.8. The molecule has 2 aromatic rings. The van der Waals surface area contributed by atoms with Gasteiger partial charge in [-0.05, 0) is 65.8 Å². The van der Waals surface area contributed by atoms with Gasteiger partial charge in [-0.15, -0.1) is 11.3 Å². The number of amides is 1. The van der Waals surface area contributed by atoms with E-state index in [0.717, 1.165) is 25.8 Å². The Morgan fingerprint density at radius 2 is 1.90 bits per heavy atom. The van der Waals surface area contributed by atoms with E-state index in [-0.39, 0.29) is 23.3 Å². The van der Waals surface area contributed by atoms with Crippen molar-refractivity contribution in [1.82, 2.24) is 4.90 Å². The first-order valence-electron chi connectivity index (χ1n) is 10.5. The summed E-state index contributed by atoms with van der Waals surface area (Å²) in [5.41, 5.74) is 0.997. The Labute approximate surface area is 188 Å². The van der Waals surface area contributed by atoms with Gasteiger partial charge in [-0.25, -0.2) is 8.42 Å². The molecule has 6 nitrogen and oxygen atoms in total. The summed E-state index contributed by atoms with van der Waals surface area (Å²) < 4.78 is 32.6. The minimum Gasteiger partial charge on any atom is -0.484 e. The number of thiophene rings is 1. The maximum atomic E-state index is 12.9. The van der Waals surface area contributed by atoms with Gasteiger partial charge in [-0.1, -0.05) is 26.8 Å². The second kappa shape index (κ2) is 7.81. The van der Waals surface area contributed by atoms with Crippen LogP contribution in [0.1, 0.15) is 40.0 Å². The van der Waals surface area contributed by atoms with Crippen molar-refractivity contribution in [3.05, 3.63) is 41.8 Å². The predicted octanol–water partition coefficient (Wildman–Crippen LogP) is 4.38. The maximum absolute atomic E-state index is 12.9. The average Bonchev–Trinajstić information content (AvgIpc) is 3.32. The first kappa shape index (κ1) is 22.1. The van der Waals surface area contributed by atoms with Crippen LogP contribution in [-0.2, 0) is 14.8 Å². The van der Waals surface area contributed by atoms with Crippen molar-refractivity contribution in [2.24, 2.45) is 10.8 Å². The van der Waals surface area contributed by atoms with E-state index in [1.165, 1.54) is 22.7 Å². The Morgan fingerprint density at radius 1 is 1.19 bits per heavy atom. The molecule has 1 aliphatic carbocycles. The van der Waals surface area contributed by atoms with E-state index in [9.17, 15) is 13.2 Å². The lowest BCUT2D eigenvalue weighted by Crippen LogP contribution is -2.40. The molecule has 1 amide bonds. The smallest absolute Gasteiger partial charge is 0.273 e. The minimum absolute atomic E-state index is 0.00428. The van der Waals surface area contributed by atoms with Crippen molar-refractivity contribution >= 4 is 33.0 Å². The van der Waals surface area contributed by atoms with Crippen molar-refractivity contribution in [1.29, 1.82) is 0 Å². The number of nitrogens with zero attached hydrogens (tertiary/aromatic N) is 2. The molecular formula is C23H30N2O4S2. The Kier molecular flexibility index (Phi) is 5.58. The third kappa shape index (κ3) is 4.46. The molecule has 8 heteroatoms. The summed E-state index contributed by atoms with van der Waals surface area (Å²) in [6.45, 7) is 7.66. The molecule has 31 heavy (non-hydrogen) atoms. The van der Waals surface area contributed by atoms with Gasteiger partial charge in [0.25, 0.3) is 15.9 Å². The molecule has 4 rings (SSSR count). The Hall–Kier alpha value is -2.06. The summed E-state index contributed by atoms with van der Waals surface area (Å²) in [6, 6.07) is 10.4. The van der Waals surface area contributed by atoms with Crippen molar-refractivity contribution in [3.63, 3.8) is 0 Å². The first-order chi connectivity index (χ1) is 14.5. The third-order valence-electron chi connectivity index (χ3n) is 6.41. The van der Waals surface area contributed by atoms with Gasteiger partial charge < -0.3 is 9.64 Å². The standard InChI is InChI=1S/C23H30N2O4S2/c1-22(2)12-18-13-23(3,15-22)16-25(18)20(26)14-29-19-9-7-17(8-10-19)24(4)31(27,28)21-6-5-11-30-21/h5-11,18H,12-16H2,1-4H3. The fourth-order valence-electron chi connectivity index (χ4n) is 5.42. The van der Waals surface area contributed by atoms with Gasteiger partial charge in [0.05, 0.1) is 5.69 Å². The number of carbonyl (C=O) groups is 1. The molecule has 1 saturated carbocycles. The van der Waals surface area contributed by atoms with Crippen molar-refractivity contribution in [3.8, 4) is 5.75 Å². The predicted molar refractivity (Wildman–Crippen MR) is 123 cm³/mol. The zero-order valence-electron chi connectivity index (χ0n) is 18.5. The minimum atomic E-state index is -3.57. The molecule has 0 radical (unpaired) electrons. The van der Waals surface area contributed by atoms with Crippen LogP contribution in [0.15, 0.2) is 46.0 Å². The molecule has 1 aromatic heterocycles. The highest BCUT2D eigenvalue weighted by molar-refractivity contribution is 7.94. The molecule has 0 spiro atoms. The molecule has 1 aromatic carbocycles. The highest BCUT2D eigenvalue weighted by Crippen LogP contribution is 2.52. The zero-order chi connectivity index (χ0) is 22.4. The molecule has 2 unspecified atom stereocenters. The van der Waals surface area contributed by atoms with E-state index in [1.54, 1.807) is 41.8 Å². The molecule has 1 aliphatic heterocycles. The molecule has 2 bridgehead atoms. The van der Waals surface area contributed by atoms with Crippen LogP contribution >= 0.6 is 11.3 Å². The van der Waals surface area contributed by atoms with E-state index in [0.29, 0.717) is 21.7 Å². The van der Waals surface area contributed by atoms with Crippen molar-refractivity contribution in [2.75, 3.05) is 24.5 Å². The topological polar surface area (TPSA) is 66.9 Å². The monoisotopic (exact) mass is 462 g/mol. The maximum Gasteiger partial charge on any atom is 0.273 e. The highest BCUT2D eigenvalue weighted by atomic mass is 32.2. The van der Waals surface area contributed by atoms with E-state index >= 15 is 0 Å². The lowest BCUT2D eigenvalue weighted by Gasteiger charge is -2.39. The number of carbonyl (C=O) groups excluding carboxylic acids is 1. The Bertz CT molecular complexity index is 1050. The highest BCUT2D eigenvalue weighted by Gasteiger charge is 2.50. The van der Waals surface area contributed by atoms with Crippen LogP contribution in [0.5, 0.6) is 5.75 Å². The fourth-order valence-corrected chi connectivity index (χ4v) is 7.77. The van der Waals surface area contributed by atoms with Gasteiger partial charge in [-0.3, -0.25) is 9.10 Å². The fraction of sp³-hybridized carbons (Fsp3) is 0.522. The second-order valence-electron chi connectivity index (χ2n) is 9.92. The van der Waals surface area contributed by atoms with Gasteiger partial charge >= 0.3 is 0 Å². The summed E-state index contributed by atoms with van der Waals surface area (Å²) >= 11 is 1.19. The molecule has 1 saturated heterocycles. The van der Waals surface area contributed by atoms with E-state index in [4.69, 9.17) is 4.74 Å². The number of anilines is 1. The zero-order valence-corrected chi connectivity index (χ0v) is 20.1. The molecule has 2 aliphatic rings. The van der Waals surface area contributed by atoms with Crippen LogP contribution in [0.2, 0.25) is 0 Å². The summed E-state index contributed by atoms with van der Waals surface area (Å²) in [5.74, 6) is 0.570. The van der Waals surface area contributed by atoms with Crippen molar-refractivity contribution < 1.29 is 17.9 Å². The number of hydrogen-bond acceptors (Lipinski definition) is 5. The number of fused-ring (bicyclic) bond motifs is 2. The summed E-state index contributed by atoms with van der Waals surface area (Å²) in [5, 5.41) is 1.74. The number of likely N-dealkylation sites (tertiary alicyclic amines) is 1. The lowest BCUT2D eigenvalue weighted by atomic mass is 9.65. The van der Waals surface area contributed by atoms with Gasteiger partial charge in [0.15, 0.2) is 6.61 Å². The number of benzene rings is 1. The van der Waals surface area contributed by atoms with Crippen LogP contribution < -0.4 is 9.04 Å². The molecule has 2 heterocycles. The Balaban J connectivity index is 1.37. The molecule has 0 N–H and O–H groups in total. The summed E-state index contributed by atoms with van der Waals surface area (Å²) in [7, 11) is -2.04. The van der Waals surface area contributed by atoms with Crippen LogP contribution in [0.3, 0.4) is 0 Å².